The molecule has 0 saturated carbocycles. The number of benzene rings is 1. The first kappa shape index (κ1) is 45.2. The van der Waals surface area contributed by atoms with Gasteiger partial charge in [-0.05, 0) is 73.0 Å². The Morgan fingerprint density at radius 3 is 2.00 bits per heavy atom. The molecule has 7 N–H and O–H groups in total. The van der Waals surface area contributed by atoms with Gasteiger partial charge in [-0.1, -0.05) is 80.4 Å². The van der Waals surface area contributed by atoms with E-state index in [2.05, 4.69) is 68.1 Å². The fraction of sp³-hybridized carbons (Fsp3) is 0.711. The second-order valence-electron chi connectivity index (χ2n) is 15.9. The summed E-state index contributed by atoms with van der Waals surface area (Å²) >= 11 is 0. The molecule has 0 spiro atoms. The van der Waals surface area contributed by atoms with Crippen LogP contribution in [0.4, 0.5) is 15.3 Å². The lowest BCUT2D eigenvalue weighted by Gasteiger charge is -2.25. The van der Waals surface area contributed by atoms with Gasteiger partial charge in [0, 0.05) is 38.4 Å². The number of alkyl carbamates (subject to hydrolysis) is 1. The number of unbranched alkanes of at least 4 members (excludes halogenated alkanes) is 2. The predicted octanol–water partition coefficient (Wildman–Crippen LogP) is 5.76. The molecule has 0 aliphatic carbocycles. The van der Waals surface area contributed by atoms with Gasteiger partial charge in [-0.3, -0.25) is 14.4 Å². The van der Waals surface area contributed by atoms with Gasteiger partial charge in [0.2, 0.25) is 17.7 Å². The van der Waals surface area contributed by atoms with E-state index in [0.717, 1.165) is 37.7 Å². The summed E-state index contributed by atoms with van der Waals surface area (Å²) in [6.45, 7) is 18.7. The number of carbonyl (C=O) groups is 5. The number of nitrogens with one attached hydrogen (secondary N) is 5. The van der Waals surface area contributed by atoms with Crippen LogP contribution in [0.3, 0.4) is 0 Å². The number of nitrogens with two attached hydrogens (primary N) is 1. The van der Waals surface area contributed by atoms with Crippen molar-refractivity contribution in [2.45, 2.75) is 132 Å². The summed E-state index contributed by atoms with van der Waals surface area (Å²) in [6.07, 6.45) is 5.82. The number of amides is 6. The van der Waals surface area contributed by atoms with Crippen molar-refractivity contribution in [1.29, 1.82) is 0 Å². The molecule has 6 amide bonds. The van der Waals surface area contributed by atoms with Gasteiger partial charge in [-0.25, -0.2) is 9.59 Å². The van der Waals surface area contributed by atoms with E-state index in [0.29, 0.717) is 44.7 Å². The van der Waals surface area contributed by atoms with Crippen LogP contribution < -0.4 is 32.3 Å². The van der Waals surface area contributed by atoms with Gasteiger partial charge in [0.15, 0.2) is 0 Å². The summed E-state index contributed by atoms with van der Waals surface area (Å²) in [5.41, 5.74) is 6.85. The zero-order chi connectivity index (χ0) is 38.5. The largest absolute Gasteiger partial charge is 0.445 e. The molecule has 51 heavy (non-hydrogen) atoms. The van der Waals surface area contributed by atoms with Crippen molar-refractivity contribution >= 4 is 35.5 Å². The highest BCUT2D eigenvalue weighted by molar-refractivity contribution is 5.98. The number of rotatable bonds is 23. The van der Waals surface area contributed by atoms with E-state index in [4.69, 9.17) is 15.2 Å². The maximum Gasteiger partial charge on any atom is 0.407 e. The quantitative estimate of drug-likeness (QED) is 0.0775. The van der Waals surface area contributed by atoms with E-state index in [-0.39, 0.29) is 42.2 Å². The molecule has 1 aromatic rings. The number of urea groups is 1. The maximum atomic E-state index is 13.4. The van der Waals surface area contributed by atoms with Crippen molar-refractivity contribution in [3.63, 3.8) is 0 Å². The standard InChI is InChI=1S/C38H66N6O7/c1-27(2)32(44-31(45)15-10-9-11-20-37(3,4)5)34(47)43-30(14-12-22-40-35(39)48)33(46)42-29-18-16-28(17-19-29)26-51-36(49)41-23-13-24-50-25-21-38(6,7)8/h16-19,27,30,32H,9-15,20-26H2,1-8H3,(H,41,49)(H,42,46)(H,43,47)(H,44,45)(H3,39,40,48)/t30-,32-/m0/s1. The van der Waals surface area contributed by atoms with Crippen LogP contribution in [0.25, 0.3) is 0 Å². The number of carbonyl (C=O) groups excluding carboxylic acids is 5. The number of anilines is 1. The molecule has 0 aliphatic heterocycles. The molecule has 13 nitrogen and oxygen atoms in total. The molecule has 0 aromatic heterocycles. The van der Waals surface area contributed by atoms with Crippen molar-refractivity contribution in [2.75, 3.05) is 31.6 Å². The minimum atomic E-state index is -0.946. The Bertz CT molecular complexity index is 1210. The first-order valence-electron chi connectivity index (χ1n) is 18.4. The minimum absolute atomic E-state index is 0.0485. The van der Waals surface area contributed by atoms with E-state index in [1.54, 1.807) is 24.3 Å². The van der Waals surface area contributed by atoms with E-state index >= 15 is 0 Å². The first-order valence-corrected chi connectivity index (χ1v) is 18.4. The first-order chi connectivity index (χ1) is 23.9. The average Bonchev–Trinajstić information content (AvgIpc) is 3.02. The van der Waals surface area contributed by atoms with Gasteiger partial charge in [0.05, 0.1) is 0 Å². The Hall–Kier alpha value is -3.87. The lowest BCUT2D eigenvalue weighted by Crippen LogP contribution is -2.54. The highest BCUT2D eigenvalue weighted by atomic mass is 16.5. The molecule has 0 aliphatic rings. The lowest BCUT2D eigenvalue weighted by atomic mass is 9.89. The van der Waals surface area contributed by atoms with Gasteiger partial charge in [-0.2, -0.15) is 0 Å². The summed E-state index contributed by atoms with van der Waals surface area (Å²) in [5, 5.41) is 13.7. The molecule has 0 fully saturated rings. The van der Waals surface area contributed by atoms with Crippen LogP contribution in [0.5, 0.6) is 0 Å². The zero-order valence-electron chi connectivity index (χ0n) is 32.4. The van der Waals surface area contributed by atoms with Crippen molar-refractivity contribution in [1.82, 2.24) is 21.3 Å². The number of hydrogen-bond acceptors (Lipinski definition) is 7. The zero-order valence-corrected chi connectivity index (χ0v) is 32.4. The van der Waals surface area contributed by atoms with Crippen molar-refractivity contribution in [3.8, 4) is 0 Å². The molecule has 2 atom stereocenters. The molecule has 13 heteroatoms. The molecule has 0 saturated heterocycles. The second kappa shape index (κ2) is 23.6. The van der Waals surface area contributed by atoms with Gasteiger partial charge in [0.1, 0.15) is 18.7 Å². The van der Waals surface area contributed by atoms with E-state index in [1.165, 1.54) is 0 Å². The predicted molar refractivity (Wildman–Crippen MR) is 201 cm³/mol. The lowest BCUT2D eigenvalue weighted by molar-refractivity contribution is -0.132. The number of hydrogen-bond donors (Lipinski definition) is 6. The Kier molecular flexibility index (Phi) is 20.9. The maximum absolute atomic E-state index is 13.4. The molecule has 290 valence electrons. The van der Waals surface area contributed by atoms with Crippen molar-refractivity contribution in [2.24, 2.45) is 22.5 Å². The van der Waals surface area contributed by atoms with Gasteiger partial charge in [0.25, 0.3) is 0 Å². The Morgan fingerprint density at radius 2 is 1.39 bits per heavy atom. The second-order valence-corrected chi connectivity index (χ2v) is 15.9. The van der Waals surface area contributed by atoms with Crippen LogP contribution in [0.2, 0.25) is 0 Å². The van der Waals surface area contributed by atoms with E-state index in [9.17, 15) is 24.0 Å². The summed E-state index contributed by atoms with van der Waals surface area (Å²) in [4.78, 5) is 62.7. The van der Waals surface area contributed by atoms with E-state index in [1.807, 2.05) is 13.8 Å². The molecule has 0 bridgehead atoms. The molecule has 1 rings (SSSR count). The average molecular weight is 719 g/mol. The fourth-order valence-electron chi connectivity index (χ4n) is 4.91. The van der Waals surface area contributed by atoms with Gasteiger partial charge < -0.3 is 41.8 Å². The highest BCUT2D eigenvalue weighted by Crippen LogP contribution is 2.22. The third-order valence-electron chi connectivity index (χ3n) is 8.02. The Balaban J connectivity index is 2.68. The van der Waals surface area contributed by atoms with Crippen LogP contribution in [0.1, 0.15) is 119 Å². The van der Waals surface area contributed by atoms with E-state index < -0.39 is 36.0 Å². The molecule has 0 radical (unpaired) electrons. The van der Waals surface area contributed by atoms with Crippen LogP contribution in [-0.2, 0) is 30.5 Å². The van der Waals surface area contributed by atoms with Crippen LogP contribution >= 0.6 is 0 Å². The van der Waals surface area contributed by atoms with Crippen molar-refractivity contribution < 1.29 is 33.4 Å². The Labute approximate surface area is 305 Å². The minimum Gasteiger partial charge on any atom is -0.445 e. The smallest absolute Gasteiger partial charge is 0.407 e. The summed E-state index contributed by atoms with van der Waals surface area (Å²) in [6, 6.07) is 4.35. The molecule has 0 unspecified atom stereocenters. The fourth-order valence-corrected chi connectivity index (χ4v) is 4.91. The van der Waals surface area contributed by atoms with Crippen molar-refractivity contribution in [3.05, 3.63) is 29.8 Å². The normalized spacial score (nSPS) is 12.8. The SMILES string of the molecule is CC(C)[C@H](NC(=O)CCCCCC(C)(C)C)C(=O)N[C@@H](CCCNC(N)=O)C(=O)Nc1ccc(COC(=O)NCCCOCCC(C)(C)C)cc1. The molecular weight excluding hydrogens is 652 g/mol. The number of primary amides is 1. The van der Waals surface area contributed by atoms with Crippen LogP contribution in [-0.4, -0.2) is 68.2 Å². The van der Waals surface area contributed by atoms with Gasteiger partial charge >= 0.3 is 12.1 Å². The van der Waals surface area contributed by atoms with Gasteiger partial charge in [-0.15, -0.1) is 0 Å². The topological polar surface area (TPSA) is 190 Å². The third-order valence-corrected chi connectivity index (χ3v) is 8.02. The molecule has 1 aromatic carbocycles. The summed E-state index contributed by atoms with van der Waals surface area (Å²) in [5.74, 6) is -1.34. The third kappa shape index (κ3) is 23.3. The Morgan fingerprint density at radius 1 is 0.745 bits per heavy atom. The summed E-state index contributed by atoms with van der Waals surface area (Å²) in [7, 11) is 0. The summed E-state index contributed by atoms with van der Waals surface area (Å²) < 4.78 is 10.9. The van der Waals surface area contributed by atoms with Crippen LogP contribution in [0.15, 0.2) is 24.3 Å². The molecular formula is C38H66N6O7. The number of ether oxygens (including phenoxy) is 2. The molecule has 0 heterocycles. The monoisotopic (exact) mass is 718 g/mol. The highest BCUT2D eigenvalue weighted by Gasteiger charge is 2.29. The van der Waals surface area contributed by atoms with Crippen LogP contribution in [0, 0.1) is 16.7 Å².